The molecule has 1 N–H and O–H groups in total. The van der Waals surface area contributed by atoms with Crippen LogP contribution in [0.3, 0.4) is 0 Å². The summed E-state index contributed by atoms with van der Waals surface area (Å²) in [5.41, 5.74) is 1.13. The summed E-state index contributed by atoms with van der Waals surface area (Å²) in [7, 11) is -3.83. The molecule has 5 nitrogen and oxygen atoms in total. The molecule has 1 aliphatic carbocycles. The van der Waals surface area contributed by atoms with Crippen molar-refractivity contribution in [1.82, 2.24) is 0 Å². The number of fused-ring (bicyclic) bond motifs is 1. The second-order valence-corrected chi connectivity index (χ2v) is 7.91. The van der Waals surface area contributed by atoms with Gasteiger partial charge in [-0.05, 0) is 44.7 Å². The van der Waals surface area contributed by atoms with Crippen molar-refractivity contribution in [1.29, 1.82) is 0 Å². The van der Waals surface area contributed by atoms with Crippen LogP contribution in [0.15, 0.2) is 21.4 Å². The van der Waals surface area contributed by atoms with Gasteiger partial charge in [0.15, 0.2) is 0 Å². The van der Waals surface area contributed by atoms with E-state index in [-0.39, 0.29) is 16.9 Å². The molecule has 2 fully saturated rings. The molecule has 1 aromatic carbocycles. The van der Waals surface area contributed by atoms with Crippen LogP contribution in [-0.2, 0) is 10.0 Å². The standard InChI is InChI=1S/C15H18FN3O2S/c1-9-3-2-6-19(9)12-7-11(16)8-13-14(12)17-15(10-4-5-10)18-22(13,20)21/h7-10H,2-6H2,1H3,(H,17,18)/t9-/m1/s1. The van der Waals surface area contributed by atoms with Crippen molar-refractivity contribution < 1.29 is 12.8 Å². The van der Waals surface area contributed by atoms with Gasteiger partial charge in [-0.15, -0.1) is 4.40 Å². The summed E-state index contributed by atoms with van der Waals surface area (Å²) in [5, 5.41) is 3.17. The lowest BCUT2D eigenvalue weighted by Crippen LogP contribution is -2.30. The first kappa shape index (κ1) is 14.0. The summed E-state index contributed by atoms with van der Waals surface area (Å²) in [4.78, 5) is 2.03. The Hall–Kier alpha value is -1.63. The van der Waals surface area contributed by atoms with E-state index in [1.165, 1.54) is 6.07 Å². The van der Waals surface area contributed by atoms with Crippen LogP contribution in [0.2, 0.25) is 0 Å². The maximum atomic E-state index is 14.0. The molecular formula is C15H18FN3O2S. The fraction of sp³-hybridized carbons (Fsp3) is 0.533. The van der Waals surface area contributed by atoms with E-state index in [1.54, 1.807) is 0 Å². The van der Waals surface area contributed by atoms with Crippen LogP contribution in [-0.4, -0.2) is 26.8 Å². The van der Waals surface area contributed by atoms with Crippen LogP contribution in [0, 0.1) is 11.7 Å². The van der Waals surface area contributed by atoms with Crippen LogP contribution in [0.1, 0.15) is 32.6 Å². The Morgan fingerprint density at radius 2 is 2.09 bits per heavy atom. The minimum Gasteiger partial charge on any atom is -0.367 e. The molecule has 4 rings (SSSR count). The highest BCUT2D eigenvalue weighted by Gasteiger charge is 2.37. The number of anilines is 2. The zero-order valence-corrected chi connectivity index (χ0v) is 13.2. The number of sulfonamides is 1. The Labute approximate surface area is 129 Å². The van der Waals surface area contributed by atoms with E-state index in [0.717, 1.165) is 38.3 Å². The molecule has 3 aliphatic rings. The summed E-state index contributed by atoms with van der Waals surface area (Å²) in [5.74, 6) is 0.160. The van der Waals surface area contributed by atoms with Crippen molar-refractivity contribution in [2.24, 2.45) is 10.3 Å². The predicted molar refractivity (Wildman–Crippen MR) is 83.4 cm³/mol. The Morgan fingerprint density at radius 1 is 1.32 bits per heavy atom. The van der Waals surface area contributed by atoms with Crippen molar-refractivity contribution in [2.45, 2.75) is 43.5 Å². The summed E-state index contributed by atoms with van der Waals surface area (Å²) < 4.78 is 42.6. The highest BCUT2D eigenvalue weighted by molar-refractivity contribution is 7.90. The Kier molecular flexibility index (Phi) is 2.98. The van der Waals surface area contributed by atoms with Crippen LogP contribution >= 0.6 is 0 Å². The van der Waals surface area contributed by atoms with Gasteiger partial charge < -0.3 is 10.2 Å². The molecule has 0 spiro atoms. The Balaban J connectivity index is 1.88. The Morgan fingerprint density at radius 3 is 2.73 bits per heavy atom. The molecule has 0 radical (unpaired) electrons. The summed E-state index contributed by atoms with van der Waals surface area (Å²) in [6.07, 6.45) is 3.96. The van der Waals surface area contributed by atoms with Gasteiger partial charge in [0.25, 0.3) is 10.0 Å². The van der Waals surface area contributed by atoms with Gasteiger partial charge in [0.1, 0.15) is 16.5 Å². The monoisotopic (exact) mass is 323 g/mol. The predicted octanol–water partition coefficient (Wildman–Crippen LogP) is 2.74. The topological polar surface area (TPSA) is 61.8 Å². The minimum atomic E-state index is -3.83. The SMILES string of the molecule is C[C@@H]1CCCN1c1cc(F)cc2c1NC(C1CC1)=NS2(=O)=O. The first-order chi connectivity index (χ1) is 10.5. The molecule has 7 heteroatoms. The van der Waals surface area contributed by atoms with Crippen molar-refractivity contribution in [3.05, 3.63) is 17.9 Å². The first-order valence-electron chi connectivity index (χ1n) is 7.68. The van der Waals surface area contributed by atoms with Gasteiger partial charge in [-0.3, -0.25) is 0 Å². The third kappa shape index (κ3) is 2.18. The van der Waals surface area contributed by atoms with E-state index in [2.05, 4.69) is 21.5 Å². The molecule has 0 unspecified atom stereocenters. The number of nitrogens with one attached hydrogen (secondary N) is 1. The van der Waals surface area contributed by atoms with E-state index in [9.17, 15) is 12.8 Å². The van der Waals surface area contributed by atoms with Crippen molar-refractivity contribution >= 4 is 27.2 Å². The molecule has 0 amide bonds. The van der Waals surface area contributed by atoms with E-state index >= 15 is 0 Å². The minimum absolute atomic E-state index is 0.0500. The van der Waals surface area contributed by atoms with Gasteiger partial charge >= 0.3 is 0 Å². The van der Waals surface area contributed by atoms with Crippen molar-refractivity contribution in [3.63, 3.8) is 0 Å². The van der Waals surface area contributed by atoms with Gasteiger partial charge in [-0.2, -0.15) is 8.42 Å². The summed E-state index contributed by atoms with van der Waals surface area (Å²) in [6.45, 7) is 2.90. The van der Waals surface area contributed by atoms with Crippen LogP contribution in [0.5, 0.6) is 0 Å². The molecule has 1 saturated carbocycles. The zero-order chi connectivity index (χ0) is 15.5. The maximum Gasteiger partial charge on any atom is 0.286 e. The fourth-order valence-corrected chi connectivity index (χ4v) is 4.50. The van der Waals surface area contributed by atoms with Gasteiger partial charge in [-0.25, -0.2) is 4.39 Å². The number of hydrogen-bond acceptors (Lipinski definition) is 4. The zero-order valence-electron chi connectivity index (χ0n) is 12.3. The van der Waals surface area contributed by atoms with Gasteiger partial charge in [0.2, 0.25) is 0 Å². The normalized spacial score (nSPS) is 26.4. The lowest BCUT2D eigenvalue weighted by Gasteiger charge is -2.29. The van der Waals surface area contributed by atoms with Gasteiger partial charge in [-0.1, -0.05) is 0 Å². The van der Waals surface area contributed by atoms with Crippen LogP contribution in [0.4, 0.5) is 15.8 Å². The molecule has 22 heavy (non-hydrogen) atoms. The van der Waals surface area contributed by atoms with E-state index in [0.29, 0.717) is 17.2 Å². The van der Waals surface area contributed by atoms with Crippen LogP contribution < -0.4 is 10.2 Å². The highest BCUT2D eigenvalue weighted by Crippen LogP contribution is 2.42. The average Bonchev–Trinajstić information content (AvgIpc) is 3.21. The number of halogens is 1. The molecule has 2 aliphatic heterocycles. The molecule has 118 valence electrons. The third-order valence-corrected chi connectivity index (χ3v) is 5.94. The second-order valence-electron chi connectivity index (χ2n) is 6.33. The molecule has 0 bridgehead atoms. The smallest absolute Gasteiger partial charge is 0.286 e. The van der Waals surface area contributed by atoms with Crippen molar-refractivity contribution in [2.75, 3.05) is 16.8 Å². The molecule has 1 aromatic rings. The molecular weight excluding hydrogens is 305 g/mol. The van der Waals surface area contributed by atoms with Gasteiger partial charge in [0, 0.05) is 18.5 Å². The fourth-order valence-electron chi connectivity index (χ4n) is 3.28. The number of amidine groups is 1. The molecule has 2 heterocycles. The summed E-state index contributed by atoms with van der Waals surface area (Å²) >= 11 is 0. The molecule has 0 aromatic heterocycles. The lowest BCUT2D eigenvalue weighted by molar-refractivity contribution is 0.591. The van der Waals surface area contributed by atoms with E-state index in [1.807, 2.05) is 0 Å². The highest BCUT2D eigenvalue weighted by atomic mass is 32.2. The quantitative estimate of drug-likeness (QED) is 0.909. The van der Waals surface area contributed by atoms with E-state index in [4.69, 9.17) is 0 Å². The van der Waals surface area contributed by atoms with Crippen molar-refractivity contribution in [3.8, 4) is 0 Å². The summed E-state index contributed by atoms with van der Waals surface area (Å²) in [6, 6.07) is 2.77. The largest absolute Gasteiger partial charge is 0.367 e. The average molecular weight is 323 g/mol. The number of benzene rings is 1. The van der Waals surface area contributed by atoms with Gasteiger partial charge in [0.05, 0.1) is 11.4 Å². The molecule has 1 saturated heterocycles. The number of hydrogen-bond donors (Lipinski definition) is 1. The number of nitrogens with zero attached hydrogens (tertiary/aromatic N) is 2. The first-order valence-corrected chi connectivity index (χ1v) is 9.12. The number of rotatable bonds is 2. The Bertz CT molecular complexity index is 771. The lowest BCUT2D eigenvalue weighted by atomic mass is 10.2. The van der Waals surface area contributed by atoms with Crippen LogP contribution in [0.25, 0.3) is 0 Å². The third-order valence-electron chi connectivity index (χ3n) is 4.62. The molecule has 1 atom stereocenters. The van der Waals surface area contributed by atoms with E-state index < -0.39 is 15.8 Å². The second kappa shape index (κ2) is 4.68. The maximum absolute atomic E-state index is 14.0.